The predicted molar refractivity (Wildman–Crippen MR) is 184 cm³/mol. The first-order valence-corrected chi connectivity index (χ1v) is 17.0. The van der Waals surface area contributed by atoms with Crippen molar-refractivity contribution < 1.29 is 34.4 Å². The maximum atomic E-state index is 14.5. The Morgan fingerprint density at radius 2 is 1.76 bits per heavy atom. The molecule has 3 heterocycles. The summed E-state index contributed by atoms with van der Waals surface area (Å²) in [6, 6.07) is 20.8. The summed E-state index contributed by atoms with van der Waals surface area (Å²) in [7, 11) is 1.58. The Bertz CT molecular complexity index is 1690. The summed E-state index contributed by atoms with van der Waals surface area (Å²) < 4.78 is 5.04. The minimum atomic E-state index is -0.886. The van der Waals surface area contributed by atoms with Gasteiger partial charge in [-0.15, -0.1) is 0 Å². The van der Waals surface area contributed by atoms with Crippen LogP contribution in [0.2, 0.25) is 0 Å². The van der Waals surface area contributed by atoms with Crippen molar-refractivity contribution in [3.05, 3.63) is 89.5 Å². The second-order valence-corrected chi connectivity index (χ2v) is 12.7. The smallest absolute Gasteiger partial charge is 0.334 e. The van der Waals surface area contributed by atoms with E-state index in [0.717, 1.165) is 28.1 Å². The molecule has 14 heteroatoms. The van der Waals surface area contributed by atoms with Crippen LogP contribution < -0.4 is 21.1 Å². The van der Waals surface area contributed by atoms with Crippen molar-refractivity contribution in [3.8, 4) is 5.75 Å². The maximum absolute atomic E-state index is 14.5. The lowest BCUT2D eigenvalue weighted by atomic mass is 9.97. The molecule has 3 aliphatic rings. The van der Waals surface area contributed by atoms with Gasteiger partial charge in [0.1, 0.15) is 24.5 Å². The molecule has 0 bridgehead atoms. The minimum Gasteiger partial charge on any atom is -0.508 e. The van der Waals surface area contributed by atoms with E-state index >= 15 is 0 Å². The molecular formula is C36H45N8O6+. The zero-order chi connectivity index (χ0) is 35.2. The largest absolute Gasteiger partial charge is 0.508 e. The van der Waals surface area contributed by atoms with Crippen LogP contribution in [0.25, 0.3) is 0 Å². The highest BCUT2D eigenvalue weighted by atomic mass is 16.5. The van der Waals surface area contributed by atoms with Crippen LogP contribution in [0, 0.1) is 0 Å². The van der Waals surface area contributed by atoms with Gasteiger partial charge in [0.15, 0.2) is 11.4 Å². The van der Waals surface area contributed by atoms with Crippen molar-refractivity contribution in [2.24, 2.45) is 0 Å². The van der Waals surface area contributed by atoms with Crippen LogP contribution in [0.5, 0.6) is 5.75 Å². The summed E-state index contributed by atoms with van der Waals surface area (Å²) in [6.07, 6.45) is 0.158. The Kier molecular flexibility index (Phi) is 10.8. The molecule has 0 spiro atoms. The summed E-state index contributed by atoms with van der Waals surface area (Å²) in [5, 5.41) is 21.1. The van der Waals surface area contributed by atoms with Crippen molar-refractivity contribution >= 4 is 35.1 Å². The van der Waals surface area contributed by atoms with E-state index < -0.39 is 12.2 Å². The Morgan fingerprint density at radius 3 is 2.50 bits per heavy atom. The fourth-order valence-corrected chi connectivity index (χ4v) is 6.89. The third kappa shape index (κ3) is 7.52. The number of aromatic hydroxyl groups is 1. The normalized spacial score (nSPS) is 18.8. The number of hydrazine groups is 1. The number of nitrogens with two attached hydrogens (primary N) is 1. The van der Waals surface area contributed by atoms with Crippen molar-refractivity contribution in [2.75, 3.05) is 51.4 Å². The molecule has 2 saturated heterocycles. The number of amides is 5. The first kappa shape index (κ1) is 34.7. The molecule has 5 N–H and O–H groups in total. The Balaban J connectivity index is 1.30. The van der Waals surface area contributed by atoms with Crippen molar-refractivity contribution in [1.82, 2.24) is 30.5 Å². The highest BCUT2D eigenvalue weighted by Crippen LogP contribution is 2.34. The number of urea groups is 1. The SMILES string of the molecule is CCCN1CC(=O)N2[C@@H](Cc3ccc(O)cc3)C(=O)N(Cc3cccc4c3N(CC(=O)NCCOC)[NH2+]4)C[C@@H]2N1C(=O)NCc1ccccc1. The molecule has 14 nitrogen and oxygen atoms in total. The zero-order valence-electron chi connectivity index (χ0n) is 28.5. The number of hydrogen-bond donors (Lipinski definition) is 4. The van der Waals surface area contributed by atoms with Crippen molar-refractivity contribution in [2.45, 2.75) is 45.1 Å². The number of ether oxygens (including phenoxy) is 1. The number of phenols is 1. The molecule has 0 radical (unpaired) electrons. The Hall–Kier alpha value is -5.18. The van der Waals surface area contributed by atoms with E-state index in [-0.39, 0.29) is 62.1 Å². The number of phenolic OH excluding ortho intramolecular Hbond substituents is 1. The van der Waals surface area contributed by atoms with Gasteiger partial charge in [0, 0.05) is 51.3 Å². The lowest BCUT2D eigenvalue weighted by Gasteiger charge is -2.55. The predicted octanol–water partition coefficient (Wildman–Crippen LogP) is 1.05. The van der Waals surface area contributed by atoms with Gasteiger partial charge in [0.05, 0.1) is 19.7 Å². The molecule has 0 aromatic heterocycles. The second-order valence-electron chi connectivity index (χ2n) is 12.7. The van der Waals surface area contributed by atoms with E-state index in [1.807, 2.05) is 65.9 Å². The summed E-state index contributed by atoms with van der Waals surface area (Å²) in [4.78, 5) is 58.4. The molecule has 0 aliphatic carbocycles. The first-order valence-electron chi connectivity index (χ1n) is 17.0. The van der Waals surface area contributed by atoms with E-state index in [2.05, 4.69) is 10.6 Å². The molecular weight excluding hydrogens is 640 g/mol. The summed E-state index contributed by atoms with van der Waals surface area (Å²) >= 11 is 0. The van der Waals surface area contributed by atoms with Gasteiger partial charge in [0.2, 0.25) is 17.7 Å². The van der Waals surface area contributed by atoms with E-state index in [1.54, 1.807) is 51.2 Å². The topological polar surface area (TPSA) is 155 Å². The molecule has 6 rings (SSSR count). The number of piperazine rings is 1. The molecule has 3 aromatic carbocycles. The number of fused-ring (bicyclic) bond motifs is 2. The lowest BCUT2D eigenvalue weighted by Crippen LogP contribution is -2.97. The summed E-state index contributed by atoms with van der Waals surface area (Å²) in [6.45, 7) is 4.00. The van der Waals surface area contributed by atoms with Gasteiger partial charge >= 0.3 is 6.03 Å². The average Bonchev–Trinajstić information content (AvgIpc) is 3.09. The molecule has 2 fully saturated rings. The monoisotopic (exact) mass is 685 g/mol. The molecule has 264 valence electrons. The number of hydrogen-bond acceptors (Lipinski definition) is 8. The molecule has 5 amide bonds. The Morgan fingerprint density at radius 1 is 0.980 bits per heavy atom. The molecule has 50 heavy (non-hydrogen) atoms. The van der Waals surface area contributed by atoms with Gasteiger partial charge in [-0.25, -0.2) is 25.2 Å². The maximum Gasteiger partial charge on any atom is 0.334 e. The minimum absolute atomic E-state index is 0.0358. The van der Waals surface area contributed by atoms with Crippen molar-refractivity contribution in [3.63, 3.8) is 0 Å². The average molecular weight is 686 g/mol. The quantitative estimate of drug-likeness (QED) is 0.118. The number of rotatable bonds is 13. The number of benzene rings is 3. The van der Waals surface area contributed by atoms with E-state index in [4.69, 9.17) is 4.74 Å². The molecule has 2 atom stereocenters. The van der Waals surface area contributed by atoms with Crippen LogP contribution in [0.4, 0.5) is 16.2 Å². The molecule has 3 aliphatic heterocycles. The van der Waals surface area contributed by atoms with E-state index in [9.17, 15) is 24.3 Å². The summed E-state index contributed by atoms with van der Waals surface area (Å²) in [5.41, 5.74) is 6.30. The number of para-hydroxylation sites is 1. The van der Waals surface area contributed by atoms with Crippen LogP contribution in [-0.2, 0) is 38.6 Å². The summed E-state index contributed by atoms with van der Waals surface area (Å²) in [5.74, 6) is -0.506. The van der Waals surface area contributed by atoms with Gasteiger partial charge in [-0.05, 0) is 29.7 Å². The fraction of sp³-hybridized carbons (Fsp3) is 0.389. The first-order chi connectivity index (χ1) is 24.3. The van der Waals surface area contributed by atoms with Crippen LogP contribution in [-0.4, -0.2) is 107 Å². The molecule has 0 unspecified atom stereocenters. The van der Waals surface area contributed by atoms with Crippen molar-refractivity contribution in [1.29, 1.82) is 0 Å². The van der Waals surface area contributed by atoms with Gasteiger partial charge in [-0.1, -0.05) is 61.5 Å². The van der Waals surface area contributed by atoms with Crippen LogP contribution >= 0.6 is 0 Å². The third-order valence-corrected chi connectivity index (χ3v) is 9.21. The number of nitrogens with zero attached hydrogens (tertiary/aromatic N) is 5. The number of nitrogens with one attached hydrogen (secondary N) is 2. The highest BCUT2D eigenvalue weighted by Gasteiger charge is 2.51. The Labute approximate surface area is 291 Å². The van der Waals surface area contributed by atoms with Crippen LogP contribution in [0.15, 0.2) is 72.8 Å². The molecule has 0 saturated carbocycles. The van der Waals surface area contributed by atoms with Gasteiger partial charge in [-0.2, -0.15) is 0 Å². The zero-order valence-corrected chi connectivity index (χ0v) is 28.5. The van der Waals surface area contributed by atoms with Gasteiger partial charge in [-0.3, -0.25) is 14.4 Å². The van der Waals surface area contributed by atoms with Gasteiger partial charge in [0.25, 0.3) is 0 Å². The van der Waals surface area contributed by atoms with E-state index in [1.165, 1.54) is 0 Å². The van der Waals surface area contributed by atoms with E-state index in [0.29, 0.717) is 32.7 Å². The van der Waals surface area contributed by atoms with Crippen LogP contribution in [0.3, 0.4) is 0 Å². The number of carbonyl (C=O) groups excluding carboxylic acids is 4. The number of methoxy groups -OCH3 is 1. The highest BCUT2D eigenvalue weighted by molar-refractivity contribution is 5.92. The number of anilines is 1. The third-order valence-electron chi connectivity index (χ3n) is 9.21. The van der Waals surface area contributed by atoms with Gasteiger partial charge < -0.3 is 30.3 Å². The lowest BCUT2D eigenvalue weighted by molar-refractivity contribution is -0.607. The standard InChI is InChI=1S/C36H44N8O6/c1-3-17-41-24-33(47)43-30(19-25-12-14-28(45)15-13-25)35(48)40(23-32(43)44(41)36(49)38-20-26-8-5-4-6-9-26)21-27-10-7-11-29-34(27)42(39-29)22-31(46)37-16-18-50-2/h4-15,30,32,39,45H,3,16-24H2,1-2H3,(H,37,46)(H,38,49)/p+1/t30-,32-/m0/s1. The fourth-order valence-electron chi connectivity index (χ4n) is 6.89. The number of quaternary nitrogens is 1. The number of carbonyl (C=O) groups is 4. The van der Waals surface area contributed by atoms with Crippen LogP contribution in [0.1, 0.15) is 30.0 Å². The molecule has 3 aromatic rings. The second kappa shape index (κ2) is 15.6.